The van der Waals surface area contributed by atoms with Crippen LogP contribution >= 0.6 is 23.6 Å². The van der Waals surface area contributed by atoms with E-state index in [1.807, 2.05) is 36.4 Å². The molecular formula is C18H15N3OS2. The Hall–Kier alpha value is -2.44. The van der Waals surface area contributed by atoms with Gasteiger partial charge in [-0.3, -0.25) is 4.98 Å². The third-order valence-corrected chi connectivity index (χ3v) is 5.32. The van der Waals surface area contributed by atoms with Gasteiger partial charge in [0.25, 0.3) is 0 Å². The number of thiocarbonyl (C=S) groups is 1. The average molecular weight is 353 g/mol. The lowest BCUT2D eigenvalue weighted by atomic mass is 10.0. The maximum absolute atomic E-state index is 9.57. The molecule has 1 aliphatic rings. The van der Waals surface area contributed by atoms with Gasteiger partial charge in [0, 0.05) is 16.8 Å². The number of benzene rings is 1. The highest BCUT2D eigenvalue weighted by molar-refractivity contribution is 7.80. The van der Waals surface area contributed by atoms with Crippen LogP contribution in [0.4, 0.5) is 5.69 Å². The Kier molecular flexibility index (Phi) is 3.92. The topological polar surface area (TPSA) is 48.4 Å². The molecule has 1 aliphatic heterocycles. The van der Waals surface area contributed by atoms with Crippen molar-refractivity contribution in [3.8, 4) is 5.75 Å². The third kappa shape index (κ3) is 2.64. The van der Waals surface area contributed by atoms with Crippen LogP contribution in [-0.2, 0) is 0 Å². The summed E-state index contributed by atoms with van der Waals surface area (Å²) in [5.74, 6) is 0.241. The van der Waals surface area contributed by atoms with Crippen molar-refractivity contribution in [3.63, 3.8) is 0 Å². The molecule has 1 aromatic carbocycles. The predicted molar refractivity (Wildman–Crippen MR) is 100 cm³/mol. The summed E-state index contributed by atoms with van der Waals surface area (Å²) in [4.78, 5) is 7.82. The standard InChI is InChI=1S/C18H15N3OS2/c22-13-8-6-12(7-9-13)21-17(15-5-3-11-24-15)16(20-18(21)23)14-4-1-2-10-19-14/h1-11,16-17,22H,(H,20,23). The molecule has 6 heteroatoms. The highest BCUT2D eigenvalue weighted by Gasteiger charge is 2.41. The molecule has 1 fully saturated rings. The smallest absolute Gasteiger partial charge is 0.174 e. The fourth-order valence-electron chi connectivity index (χ4n) is 2.99. The minimum absolute atomic E-state index is 0.0221. The van der Waals surface area contributed by atoms with E-state index in [9.17, 15) is 5.11 Å². The predicted octanol–water partition coefficient (Wildman–Crippen LogP) is 4.03. The number of pyridine rings is 1. The van der Waals surface area contributed by atoms with Crippen LogP contribution < -0.4 is 10.2 Å². The maximum atomic E-state index is 9.57. The largest absolute Gasteiger partial charge is 0.508 e. The van der Waals surface area contributed by atoms with E-state index in [2.05, 4.69) is 26.6 Å². The summed E-state index contributed by atoms with van der Waals surface area (Å²) in [6, 6.07) is 17.2. The number of hydrogen-bond acceptors (Lipinski definition) is 4. The highest BCUT2D eigenvalue weighted by atomic mass is 32.1. The van der Waals surface area contributed by atoms with Crippen LogP contribution in [0.2, 0.25) is 0 Å². The van der Waals surface area contributed by atoms with Gasteiger partial charge in [0.2, 0.25) is 0 Å². The van der Waals surface area contributed by atoms with Crippen LogP contribution in [0.25, 0.3) is 0 Å². The molecule has 2 unspecified atom stereocenters. The van der Waals surface area contributed by atoms with Crippen molar-refractivity contribution in [3.05, 3.63) is 76.7 Å². The molecule has 4 rings (SSSR count). The summed E-state index contributed by atoms with van der Waals surface area (Å²) >= 11 is 7.32. The van der Waals surface area contributed by atoms with E-state index in [-0.39, 0.29) is 17.8 Å². The van der Waals surface area contributed by atoms with Crippen LogP contribution in [0.1, 0.15) is 22.7 Å². The number of nitrogens with one attached hydrogen (secondary N) is 1. The first-order valence-corrected chi connectivity index (χ1v) is 8.86. The fraction of sp³-hybridized carbons (Fsp3) is 0.111. The van der Waals surface area contributed by atoms with E-state index in [0.29, 0.717) is 5.11 Å². The van der Waals surface area contributed by atoms with Gasteiger partial charge in [-0.25, -0.2) is 0 Å². The summed E-state index contributed by atoms with van der Waals surface area (Å²) < 4.78 is 0. The third-order valence-electron chi connectivity index (χ3n) is 4.06. The van der Waals surface area contributed by atoms with Crippen LogP contribution in [-0.4, -0.2) is 15.2 Å². The van der Waals surface area contributed by atoms with Gasteiger partial charge in [0.05, 0.1) is 17.8 Å². The SMILES string of the molecule is Oc1ccc(N2C(=S)NC(c3ccccn3)C2c2cccs2)cc1. The van der Waals surface area contributed by atoms with Gasteiger partial charge in [-0.1, -0.05) is 12.1 Å². The van der Waals surface area contributed by atoms with Crippen LogP contribution in [0.15, 0.2) is 66.2 Å². The molecule has 2 aromatic heterocycles. The number of phenols is 1. The zero-order chi connectivity index (χ0) is 16.5. The Balaban J connectivity index is 1.80. The van der Waals surface area contributed by atoms with E-state index in [1.165, 1.54) is 4.88 Å². The molecule has 0 saturated carbocycles. The molecule has 4 nitrogen and oxygen atoms in total. The zero-order valence-electron chi connectivity index (χ0n) is 12.7. The first kappa shape index (κ1) is 15.1. The quantitative estimate of drug-likeness (QED) is 0.696. The number of hydrogen-bond donors (Lipinski definition) is 2. The van der Waals surface area contributed by atoms with Gasteiger partial charge >= 0.3 is 0 Å². The van der Waals surface area contributed by atoms with E-state index >= 15 is 0 Å². The van der Waals surface area contributed by atoms with Crippen LogP contribution in [0.3, 0.4) is 0 Å². The molecule has 0 aliphatic carbocycles. The highest BCUT2D eigenvalue weighted by Crippen LogP contribution is 2.43. The summed E-state index contributed by atoms with van der Waals surface area (Å²) in [5.41, 5.74) is 1.90. The Morgan fingerprint density at radius 2 is 1.92 bits per heavy atom. The van der Waals surface area contributed by atoms with Gasteiger partial charge < -0.3 is 15.3 Å². The van der Waals surface area contributed by atoms with Crippen molar-refractivity contribution in [1.29, 1.82) is 0 Å². The lowest BCUT2D eigenvalue weighted by Crippen LogP contribution is -2.28. The summed E-state index contributed by atoms with van der Waals surface area (Å²) in [6.45, 7) is 0. The minimum Gasteiger partial charge on any atom is -0.508 e. The van der Waals surface area contributed by atoms with Gasteiger partial charge in [-0.15, -0.1) is 11.3 Å². The number of phenolic OH excluding ortho intramolecular Hbond substituents is 1. The van der Waals surface area contributed by atoms with Crippen LogP contribution in [0.5, 0.6) is 5.75 Å². The minimum atomic E-state index is -0.0221. The molecule has 3 heterocycles. The van der Waals surface area contributed by atoms with Crippen molar-refractivity contribution in [1.82, 2.24) is 10.3 Å². The Bertz CT molecular complexity index is 834. The van der Waals surface area contributed by atoms with E-state index in [4.69, 9.17) is 12.2 Å². The zero-order valence-corrected chi connectivity index (χ0v) is 14.3. The first-order valence-electron chi connectivity index (χ1n) is 7.57. The molecule has 0 spiro atoms. The van der Waals surface area contributed by atoms with E-state index < -0.39 is 0 Å². The Labute approximate surface area is 149 Å². The molecular weight excluding hydrogens is 338 g/mol. The molecule has 0 bridgehead atoms. The number of rotatable bonds is 3. The van der Waals surface area contributed by atoms with Gasteiger partial charge in [0.15, 0.2) is 5.11 Å². The summed E-state index contributed by atoms with van der Waals surface area (Å²) in [7, 11) is 0. The van der Waals surface area contributed by atoms with Crippen molar-refractivity contribution in [2.45, 2.75) is 12.1 Å². The monoisotopic (exact) mass is 353 g/mol. The number of aromatic nitrogens is 1. The van der Waals surface area contributed by atoms with E-state index in [0.717, 1.165) is 11.4 Å². The normalized spacial score (nSPS) is 20.2. The van der Waals surface area contributed by atoms with Crippen molar-refractivity contribution in [2.24, 2.45) is 0 Å². The van der Waals surface area contributed by atoms with Gasteiger partial charge in [0.1, 0.15) is 5.75 Å². The molecule has 0 radical (unpaired) electrons. The molecule has 24 heavy (non-hydrogen) atoms. The molecule has 3 aromatic rings. The molecule has 120 valence electrons. The van der Waals surface area contributed by atoms with Gasteiger partial charge in [-0.2, -0.15) is 0 Å². The number of anilines is 1. The second-order valence-corrected chi connectivity index (χ2v) is 6.89. The van der Waals surface area contributed by atoms with Crippen molar-refractivity contribution >= 4 is 34.4 Å². The van der Waals surface area contributed by atoms with Gasteiger partial charge in [-0.05, 0) is 60.1 Å². The first-order chi connectivity index (χ1) is 11.7. The van der Waals surface area contributed by atoms with Crippen molar-refractivity contribution < 1.29 is 5.11 Å². The molecule has 1 saturated heterocycles. The Morgan fingerprint density at radius 3 is 2.58 bits per heavy atom. The number of aromatic hydroxyl groups is 1. The molecule has 2 atom stereocenters. The maximum Gasteiger partial charge on any atom is 0.174 e. The second-order valence-electron chi connectivity index (χ2n) is 5.53. The number of thiophene rings is 1. The molecule has 2 N–H and O–H groups in total. The average Bonchev–Trinajstić information content (AvgIpc) is 3.24. The molecule has 0 amide bonds. The fourth-order valence-corrected chi connectivity index (χ4v) is 4.19. The summed E-state index contributed by atoms with van der Waals surface area (Å²) in [6.07, 6.45) is 1.80. The van der Waals surface area contributed by atoms with Crippen molar-refractivity contribution in [2.75, 3.05) is 4.90 Å². The number of nitrogens with zero attached hydrogens (tertiary/aromatic N) is 2. The summed E-state index contributed by atoms with van der Waals surface area (Å²) in [5, 5.41) is 15.7. The van der Waals surface area contributed by atoms with Crippen LogP contribution in [0, 0.1) is 0 Å². The lowest BCUT2D eigenvalue weighted by Gasteiger charge is -2.26. The van der Waals surface area contributed by atoms with E-state index in [1.54, 1.807) is 29.7 Å². The lowest BCUT2D eigenvalue weighted by molar-refractivity contribution is 0.475. The second kappa shape index (κ2) is 6.22. The Morgan fingerprint density at radius 1 is 1.08 bits per heavy atom.